The molecule has 2 aliphatic rings. The second-order valence-electron chi connectivity index (χ2n) is 9.67. The van der Waals surface area contributed by atoms with E-state index < -0.39 is 0 Å². The quantitative estimate of drug-likeness (QED) is 0.130. The Labute approximate surface area is 275 Å². The van der Waals surface area contributed by atoms with E-state index in [0.717, 1.165) is 43.8 Å². The van der Waals surface area contributed by atoms with E-state index in [1.165, 1.54) is 0 Å². The van der Waals surface area contributed by atoms with Crippen LogP contribution in [0, 0.1) is 0 Å². The summed E-state index contributed by atoms with van der Waals surface area (Å²) in [6.45, 7) is 1.92. The molecular weight excluding hydrogens is 666 g/mol. The third-order valence-corrected chi connectivity index (χ3v) is 7.33. The van der Waals surface area contributed by atoms with Crippen molar-refractivity contribution in [2.45, 2.75) is 0 Å². The van der Waals surface area contributed by atoms with Gasteiger partial charge in [-0.2, -0.15) is 0 Å². The number of aromatic nitrogens is 8. The van der Waals surface area contributed by atoms with Gasteiger partial charge < -0.3 is 29.9 Å². The fourth-order valence-corrected chi connectivity index (χ4v) is 5.46. The zero-order chi connectivity index (χ0) is 28.2. The summed E-state index contributed by atoms with van der Waals surface area (Å²) >= 11 is 0. The molecule has 8 nitrogen and oxygen atoms in total. The summed E-state index contributed by atoms with van der Waals surface area (Å²) in [7, 11) is 2.42. The smallest absolute Gasteiger partial charge is 0.357 e. The molecule has 4 aromatic carbocycles. The third kappa shape index (κ3) is 4.72. The summed E-state index contributed by atoms with van der Waals surface area (Å²) < 4.78 is 0. The van der Waals surface area contributed by atoms with Crippen LogP contribution in [0.3, 0.4) is 0 Å². The molecule has 2 radical (unpaired) electrons. The van der Waals surface area contributed by atoms with Gasteiger partial charge >= 0.3 is 17.1 Å². The summed E-state index contributed by atoms with van der Waals surface area (Å²) in [6, 6.07) is 31.8. The van der Waals surface area contributed by atoms with Crippen molar-refractivity contribution in [3.63, 3.8) is 0 Å². The van der Waals surface area contributed by atoms with E-state index in [-0.39, 0.29) is 34.1 Å². The first-order valence-electron chi connectivity index (χ1n) is 13.5. The van der Waals surface area contributed by atoms with Gasteiger partial charge in [0.15, 0.2) is 0 Å². The molecule has 220 valence electrons. The maximum absolute atomic E-state index is 4.95. The average molecular weight is 688 g/mol. The Morgan fingerprint density at radius 1 is 0.386 bits per heavy atom. The Morgan fingerprint density at radius 3 is 0.864 bits per heavy atom. The molecule has 0 aliphatic carbocycles. The molecule has 3 aromatic heterocycles. The van der Waals surface area contributed by atoms with Crippen LogP contribution >= 0.6 is 9.24 Å². The molecule has 0 fully saturated rings. The number of hydrogen-bond acceptors (Lipinski definition) is 6. The van der Waals surface area contributed by atoms with Gasteiger partial charge in [-0.05, 0) is 21.5 Å². The SMILES string of the molecule is CP.[Cu+2].[Cu].c1ccc2c(c1)-c1nc-2nc2[n-]c(nc3nc(nc4[n-]c(n1)c1ccccc41)-c1ccccc1-3)c1ccccc21. The van der Waals surface area contributed by atoms with Gasteiger partial charge in [-0.1, -0.05) is 104 Å². The van der Waals surface area contributed by atoms with Gasteiger partial charge in [-0.3, -0.25) is 0 Å². The van der Waals surface area contributed by atoms with Crippen LogP contribution in [-0.4, -0.2) is 36.6 Å². The van der Waals surface area contributed by atoms with Gasteiger partial charge in [0.2, 0.25) is 0 Å². The predicted molar refractivity (Wildman–Crippen MR) is 170 cm³/mol. The summed E-state index contributed by atoms with van der Waals surface area (Å²) in [6.07, 6.45) is 0. The minimum Gasteiger partial charge on any atom is -0.357 e. The zero-order valence-corrected chi connectivity index (χ0v) is 26.0. The molecule has 2 aliphatic heterocycles. The topological polar surface area (TPSA) is 106 Å². The molecule has 44 heavy (non-hydrogen) atoms. The molecule has 0 spiro atoms. The van der Waals surface area contributed by atoms with Crippen LogP contribution in [0.1, 0.15) is 0 Å². The molecule has 7 aromatic rings. The Morgan fingerprint density at radius 2 is 0.614 bits per heavy atom. The summed E-state index contributed by atoms with van der Waals surface area (Å²) in [4.78, 5) is 39.3. The van der Waals surface area contributed by atoms with Crippen molar-refractivity contribution in [3.05, 3.63) is 97.1 Å². The first-order valence-corrected chi connectivity index (χ1v) is 14.6. The molecule has 1 unspecified atom stereocenters. The van der Waals surface area contributed by atoms with Crippen molar-refractivity contribution in [3.8, 4) is 45.6 Å². The Kier molecular flexibility index (Phi) is 8.12. The molecule has 0 saturated carbocycles. The second kappa shape index (κ2) is 12.0. The predicted octanol–water partition coefficient (Wildman–Crippen LogP) is 6.61. The molecule has 1 atom stereocenters. The Balaban J connectivity index is 0.000000842. The van der Waals surface area contributed by atoms with Crippen LogP contribution in [0.2, 0.25) is 0 Å². The number of benzene rings is 4. The van der Waals surface area contributed by atoms with Crippen LogP contribution in [0.15, 0.2) is 97.1 Å². The maximum Gasteiger partial charge on any atom is 2.00 e. The summed E-state index contributed by atoms with van der Waals surface area (Å²) in [5, 5.41) is 3.57. The fourth-order valence-electron chi connectivity index (χ4n) is 5.46. The molecule has 9 rings (SSSR count). The van der Waals surface area contributed by atoms with E-state index in [4.69, 9.17) is 39.9 Å². The van der Waals surface area contributed by atoms with Gasteiger partial charge in [-0.15, -0.1) is 9.24 Å². The second-order valence-corrected chi connectivity index (χ2v) is 9.67. The molecule has 0 saturated heterocycles. The third-order valence-electron chi connectivity index (χ3n) is 7.33. The number of nitrogens with zero attached hydrogens (tertiary/aromatic N) is 8. The molecular formula is C33H21Cu2N8P. The fraction of sp³-hybridized carbons (Fsp3) is 0.0303. The van der Waals surface area contributed by atoms with Crippen molar-refractivity contribution in [2.24, 2.45) is 0 Å². The van der Waals surface area contributed by atoms with Crippen LogP contribution in [0.5, 0.6) is 0 Å². The molecule has 11 heteroatoms. The van der Waals surface area contributed by atoms with Gasteiger partial charge in [0.25, 0.3) is 0 Å². The standard InChI is InChI=1S/C32H16N8.CH5P.2Cu/c1-2-10-18-17(9-1)25-33-26(18)38-28-21-13-5-6-14-22(21)30(35-28)40-32-24-16-8-7-15-23(24)31(36-32)39-29-20-12-4-3-11-19(20)27(34-29)37-25;1-2;;/h1-16H;2H2,1H3;;/q-2;;;+2. The van der Waals surface area contributed by atoms with Crippen molar-refractivity contribution in [2.75, 3.05) is 6.66 Å². The monoisotopic (exact) mass is 686 g/mol. The minimum atomic E-state index is 0. The summed E-state index contributed by atoms with van der Waals surface area (Å²) in [5.74, 6) is 2.21. The largest absolute Gasteiger partial charge is 2.00 e. The molecule has 0 N–H and O–H groups in total. The summed E-state index contributed by atoms with van der Waals surface area (Å²) in [5.41, 5.74) is 5.78. The average Bonchev–Trinajstić information content (AvgIpc) is 3.78. The van der Waals surface area contributed by atoms with Crippen molar-refractivity contribution < 1.29 is 34.1 Å². The van der Waals surface area contributed by atoms with Crippen LogP contribution in [0.4, 0.5) is 0 Å². The van der Waals surface area contributed by atoms with Gasteiger partial charge in [0, 0.05) is 61.9 Å². The van der Waals surface area contributed by atoms with Crippen molar-refractivity contribution >= 4 is 53.4 Å². The molecule has 5 heterocycles. The number of rotatable bonds is 0. The van der Waals surface area contributed by atoms with E-state index in [1.54, 1.807) is 0 Å². The first kappa shape index (κ1) is 29.8. The van der Waals surface area contributed by atoms with Crippen molar-refractivity contribution in [1.82, 2.24) is 39.9 Å². The van der Waals surface area contributed by atoms with E-state index in [1.807, 2.05) is 104 Å². The van der Waals surface area contributed by atoms with Gasteiger partial charge in [0.1, 0.15) is 0 Å². The van der Waals surface area contributed by atoms with E-state index in [2.05, 4.69) is 9.24 Å². The first-order chi connectivity index (χ1) is 20.8. The van der Waals surface area contributed by atoms with Gasteiger partial charge in [0.05, 0.1) is 23.3 Å². The van der Waals surface area contributed by atoms with Crippen LogP contribution < -0.4 is 9.97 Å². The maximum atomic E-state index is 4.95. The van der Waals surface area contributed by atoms with Crippen LogP contribution in [-0.2, 0) is 34.1 Å². The van der Waals surface area contributed by atoms with Crippen LogP contribution in [0.25, 0.3) is 89.7 Å². The van der Waals surface area contributed by atoms with E-state index >= 15 is 0 Å². The van der Waals surface area contributed by atoms with Crippen molar-refractivity contribution in [1.29, 1.82) is 0 Å². The normalized spacial score (nSPS) is 11.0. The van der Waals surface area contributed by atoms with E-state index in [0.29, 0.717) is 45.9 Å². The van der Waals surface area contributed by atoms with E-state index in [9.17, 15) is 0 Å². The number of fused-ring (bicyclic) bond motifs is 20. The number of hydrogen-bond donors (Lipinski definition) is 0. The minimum absolute atomic E-state index is 0. The Hall–Kier alpha value is -4.29. The van der Waals surface area contributed by atoms with Gasteiger partial charge in [-0.25, -0.2) is 9.97 Å². The zero-order valence-electron chi connectivity index (χ0n) is 23.0. The molecule has 8 bridgehead atoms. The Bertz CT molecular complexity index is 2050. The molecule has 0 amide bonds.